The summed E-state index contributed by atoms with van der Waals surface area (Å²) in [5.74, 6) is -4.05. The van der Waals surface area contributed by atoms with E-state index in [9.17, 15) is 23.9 Å². The number of halogens is 3. The predicted molar refractivity (Wildman–Crippen MR) is 92.9 cm³/mol. The zero-order chi connectivity index (χ0) is 19.6. The number of nitrogens with zero attached hydrogens (tertiary/aromatic N) is 2. The number of ether oxygens (including phenoxy) is 1. The van der Waals surface area contributed by atoms with E-state index in [1.54, 1.807) is 30.3 Å². The van der Waals surface area contributed by atoms with Crippen molar-refractivity contribution < 1.29 is 23.4 Å². The van der Waals surface area contributed by atoms with E-state index in [0.29, 0.717) is 23.2 Å². The quantitative estimate of drug-likeness (QED) is 0.302. The maximum Gasteiger partial charge on any atom is 0.340 e. The number of H-pyrrole nitrogens is 1. The van der Waals surface area contributed by atoms with E-state index in [1.807, 2.05) is 0 Å². The number of benzene rings is 2. The molecule has 2 aromatic carbocycles. The van der Waals surface area contributed by atoms with Crippen molar-refractivity contribution in [1.82, 2.24) is 9.97 Å². The van der Waals surface area contributed by atoms with Crippen LogP contribution in [-0.2, 0) is 4.74 Å². The van der Waals surface area contributed by atoms with Crippen molar-refractivity contribution in [3.8, 4) is 6.07 Å². The fourth-order valence-electron chi connectivity index (χ4n) is 2.29. The first-order valence-electron chi connectivity index (χ1n) is 7.49. The Balaban J connectivity index is 1.82. The zero-order valence-corrected chi connectivity index (χ0v) is 14.2. The molecule has 1 heterocycles. The van der Waals surface area contributed by atoms with Crippen molar-refractivity contribution in [3.05, 3.63) is 70.2 Å². The van der Waals surface area contributed by atoms with E-state index < -0.39 is 35.5 Å². The van der Waals surface area contributed by atoms with Gasteiger partial charge in [-0.1, -0.05) is 23.7 Å². The van der Waals surface area contributed by atoms with Gasteiger partial charge >= 0.3 is 5.97 Å². The average molecular weight is 390 g/mol. The number of fused-ring (bicyclic) bond motifs is 1. The second-order valence-corrected chi connectivity index (χ2v) is 5.77. The molecule has 9 heteroatoms. The molecule has 3 aromatic rings. The molecule has 0 atom stereocenters. The van der Waals surface area contributed by atoms with Gasteiger partial charge in [-0.3, -0.25) is 0 Å². The smallest absolute Gasteiger partial charge is 0.340 e. The van der Waals surface area contributed by atoms with Crippen LogP contribution < -0.4 is 0 Å². The summed E-state index contributed by atoms with van der Waals surface area (Å²) in [6.07, 6.45) is 0. The van der Waals surface area contributed by atoms with Gasteiger partial charge in [-0.2, -0.15) is 5.26 Å². The lowest BCUT2D eigenvalue weighted by molar-refractivity contribution is 0.0502. The molecule has 0 bridgehead atoms. The van der Waals surface area contributed by atoms with Gasteiger partial charge in [-0.25, -0.2) is 18.6 Å². The number of aliphatic hydroxyl groups excluding tert-OH is 1. The van der Waals surface area contributed by atoms with Gasteiger partial charge in [0.25, 0.3) is 0 Å². The molecule has 6 nitrogen and oxygen atoms in total. The summed E-state index contributed by atoms with van der Waals surface area (Å²) >= 11 is 5.69. The van der Waals surface area contributed by atoms with Crippen molar-refractivity contribution in [3.63, 3.8) is 0 Å². The fraction of sp³-hybridized carbons (Fsp3) is 0.0556. The van der Waals surface area contributed by atoms with E-state index >= 15 is 0 Å². The van der Waals surface area contributed by atoms with Gasteiger partial charge in [0.15, 0.2) is 23.2 Å². The van der Waals surface area contributed by atoms with Crippen LogP contribution in [-0.4, -0.2) is 27.7 Å². The summed E-state index contributed by atoms with van der Waals surface area (Å²) in [5, 5.41) is 19.0. The van der Waals surface area contributed by atoms with Crippen LogP contribution >= 0.6 is 11.6 Å². The molecule has 0 saturated carbocycles. The molecule has 27 heavy (non-hydrogen) atoms. The monoisotopic (exact) mass is 389 g/mol. The molecule has 3 rings (SSSR count). The highest BCUT2D eigenvalue weighted by atomic mass is 35.5. The van der Waals surface area contributed by atoms with Crippen LogP contribution in [0.25, 0.3) is 16.6 Å². The SMILES string of the molecule is N#CC(=C(O)COC(=O)c1cc(F)c(F)cc1Cl)c1nc2ccccc2[nH]1. The molecule has 0 amide bonds. The number of hydrogen-bond donors (Lipinski definition) is 2. The molecular formula is C18H10ClF2N3O3. The molecule has 0 spiro atoms. The Morgan fingerprint density at radius 2 is 2.00 bits per heavy atom. The van der Waals surface area contributed by atoms with E-state index in [0.717, 1.165) is 0 Å². The van der Waals surface area contributed by atoms with Crippen LogP contribution in [0, 0.1) is 23.0 Å². The van der Waals surface area contributed by atoms with Gasteiger partial charge in [0.1, 0.15) is 18.2 Å². The lowest BCUT2D eigenvalue weighted by Crippen LogP contribution is -2.10. The normalized spacial score (nSPS) is 11.8. The van der Waals surface area contributed by atoms with Crippen molar-refractivity contribution >= 4 is 34.2 Å². The Bertz CT molecular complexity index is 1090. The third-order valence-corrected chi connectivity index (χ3v) is 3.91. The number of aromatic nitrogens is 2. The van der Waals surface area contributed by atoms with Crippen molar-refractivity contribution in [2.75, 3.05) is 6.61 Å². The molecule has 1 aromatic heterocycles. The molecule has 0 aliphatic carbocycles. The molecule has 2 N–H and O–H groups in total. The van der Waals surface area contributed by atoms with Crippen LogP contribution in [0.5, 0.6) is 0 Å². The van der Waals surface area contributed by atoms with Crippen molar-refractivity contribution in [1.29, 1.82) is 5.26 Å². The minimum atomic E-state index is -1.27. The maximum absolute atomic E-state index is 13.3. The topological polar surface area (TPSA) is 99.0 Å². The maximum atomic E-state index is 13.3. The number of nitrogens with one attached hydrogen (secondary N) is 1. The minimum absolute atomic E-state index is 0.0955. The molecule has 0 fully saturated rings. The zero-order valence-electron chi connectivity index (χ0n) is 13.5. The van der Waals surface area contributed by atoms with Crippen molar-refractivity contribution in [2.24, 2.45) is 0 Å². The predicted octanol–water partition coefficient (Wildman–Crippen LogP) is 4.14. The largest absolute Gasteiger partial charge is 0.507 e. The Morgan fingerprint density at radius 1 is 1.30 bits per heavy atom. The van der Waals surface area contributed by atoms with Crippen LogP contribution in [0.4, 0.5) is 8.78 Å². The highest BCUT2D eigenvalue weighted by molar-refractivity contribution is 6.33. The van der Waals surface area contributed by atoms with Crippen LogP contribution in [0.2, 0.25) is 5.02 Å². The summed E-state index contributed by atoms with van der Waals surface area (Å²) < 4.78 is 31.2. The third-order valence-electron chi connectivity index (χ3n) is 3.60. The number of carbonyl (C=O) groups is 1. The van der Waals surface area contributed by atoms with Gasteiger partial charge in [0.2, 0.25) is 0 Å². The van der Waals surface area contributed by atoms with Gasteiger partial charge in [0, 0.05) is 0 Å². The van der Waals surface area contributed by atoms with E-state index in [2.05, 4.69) is 9.97 Å². The average Bonchev–Trinajstić information content (AvgIpc) is 3.07. The Kier molecular flexibility index (Phi) is 5.05. The summed E-state index contributed by atoms with van der Waals surface area (Å²) in [4.78, 5) is 19.0. The third kappa shape index (κ3) is 3.73. The highest BCUT2D eigenvalue weighted by Gasteiger charge is 2.19. The summed E-state index contributed by atoms with van der Waals surface area (Å²) in [6.45, 7) is -0.686. The standard InChI is InChI=1S/C18H10ClF2N3O3/c19-11-6-13(21)12(20)5-9(11)18(26)27-8-16(25)10(7-22)17-23-14-3-1-2-4-15(14)24-17/h1-6,25H,8H2,(H,23,24). The molecule has 0 aliphatic heterocycles. The van der Waals surface area contributed by atoms with Gasteiger partial charge < -0.3 is 14.8 Å². The lowest BCUT2D eigenvalue weighted by Gasteiger charge is -2.07. The number of para-hydroxylation sites is 2. The number of carbonyl (C=O) groups excluding carboxylic acids is 1. The summed E-state index contributed by atoms with van der Waals surface area (Å²) in [6, 6.07) is 9.99. The molecule has 0 aliphatic rings. The van der Waals surface area contributed by atoms with Gasteiger partial charge in [-0.05, 0) is 24.3 Å². The van der Waals surface area contributed by atoms with Crippen LogP contribution in [0.3, 0.4) is 0 Å². The van der Waals surface area contributed by atoms with Crippen LogP contribution in [0.15, 0.2) is 42.2 Å². The van der Waals surface area contributed by atoms with Crippen molar-refractivity contribution in [2.45, 2.75) is 0 Å². The fourth-order valence-corrected chi connectivity index (χ4v) is 2.52. The first kappa shape index (κ1) is 18.4. The Hall–Kier alpha value is -3.44. The molecular weight excluding hydrogens is 380 g/mol. The number of hydrogen-bond acceptors (Lipinski definition) is 5. The number of esters is 1. The summed E-state index contributed by atoms with van der Waals surface area (Å²) in [7, 11) is 0. The molecule has 0 saturated heterocycles. The lowest BCUT2D eigenvalue weighted by atomic mass is 10.2. The summed E-state index contributed by atoms with van der Waals surface area (Å²) in [5.41, 5.74) is 0.596. The van der Waals surface area contributed by atoms with Gasteiger partial charge in [-0.15, -0.1) is 0 Å². The Morgan fingerprint density at radius 3 is 2.70 bits per heavy atom. The Labute approximate surface area is 156 Å². The molecule has 136 valence electrons. The van der Waals surface area contributed by atoms with Gasteiger partial charge in [0.05, 0.1) is 21.6 Å². The van der Waals surface area contributed by atoms with Crippen LogP contribution in [0.1, 0.15) is 16.2 Å². The number of nitriles is 1. The first-order chi connectivity index (χ1) is 12.9. The second kappa shape index (κ2) is 7.43. The number of imidazole rings is 1. The molecule has 0 radical (unpaired) electrons. The number of rotatable bonds is 4. The van der Waals surface area contributed by atoms with E-state index in [4.69, 9.17) is 16.3 Å². The highest BCUT2D eigenvalue weighted by Crippen LogP contribution is 2.22. The number of allylic oxidation sites excluding steroid dienone is 1. The minimum Gasteiger partial charge on any atom is -0.507 e. The number of aliphatic hydroxyl groups is 1. The second-order valence-electron chi connectivity index (χ2n) is 5.36. The first-order valence-corrected chi connectivity index (χ1v) is 7.87. The number of aromatic amines is 1. The van der Waals surface area contributed by atoms with E-state index in [-0.39, 0.29) is 16.4 Å². The molecule has 0 unspecified atom stereocenters. The van der Waals surface area contributed by atoms with E-state index in [1.165, 1.54) is 0 Å².